The van der Waals surface area contributed by atoms with Crippen molar-refractivity contribution in [3.8, 4) is 0 Å². The molecule has 0 aliphatic carbocycles. The zero-order chi connectivity index (χ0) is 16.6. The van der Waals surface area contributed by atoms with Gasteiger partial charge >= 0.3 is 0 Å². The van der Waals surface area contributed by atoms with Crippen molar-refractivity contribution in [2.24, 2.45) is 0 Å². The molecule has 2 aliphatic rings. The fourth-order valence-corrected chi connectivity index (χ4v) is 3.49. The summed E-state index contributed by atoms with van der Waals surface area (Å²) in [6.45, 7) is 10.9. The van der Waals surface area contributed by atoms with E-state index in [1.165, 1.54) is 5.56 Å². The Kier molecular flexibility index (Phi) is 6.84. The molecule has 6 heteroatoms. The van der Waals surface area contributed by atoms with Crippen LogP contribution in [0.1, 0.15) is 5.56 Å². The molecule has 1 aromatic carbocycles. The van der Waals surface area contributed by atoms with Gasteiger partial charge in [0.05, 0.1) is 13.2 Å². The fraction of sp³-hybridized carbons (Fsp3) is 0.611. The predicted molar refractivity (Wildman–Crippen MR) is 101 cm³/mol. The summed E-state index contributed by atoms with van der Waals surface area (Å²) in [5.41, 5.74) is 1.39. The molecular formula is C18H28N4OS. The van der Waals surface area contributed by atoms with Crippen molar-refractivity contribution < 1.29 is 4.74 Å². The molecule has 2 aliphatic heterocycles. The Morgan fingerprint density at radius 3 is 2.38 bits per heavy atom. The quantitative estimate of drug-likeness (QED) is 0.800. The molecule has 1 N–H and O–H groups in total. The third-order valence-electron chi connectivity index (χ3n) is 4.72. The lowest BCUT2D eigenvalue weighted by molar-refractivity contribution is 0.0388. The number of benzene rings is 1. The molecule has 0 spiro atoms. The van der Waals surface area contributed by atoms with Crippen molar-refractivity contribution in [2.45, 2.75) is 6.54 Å². The van der Waals surface area contributed by atoms with Crippen molar-refractivity contribution in [1.29, 1.82) is 0 Å². The van der Waals surface area contributed by atoms with Gasteiger partial charge in [-0.05, 0) is 17.8 Å². The molecule has 3 rings (SSSR count). The number of thiocarbonyl (C=S) groups is 1. The number of rotatable bonds is 5. The van der Waals surface area contributed by atoms with E-state index in [0.29, 0.717) is 0 Å². The van der Waals surface area contributed by atoms with Gasteiger partial charge in [-0.1, -0.05) is 30.3 Å². The van der Waals surface area contributed by atoms with Crippen LogP contribution in [0.15, 0.2) is 30.3 Å². The van der Waals surface area contributed by atoms with Crippen LogP contribution in [0.2, 0.25) is 0 Å². The Balaban J connectivity index is 1.32. The lowest BCUT2D eigenvalue weighted by Crippen LogP contribution is -2.52. The molecule has 0 radical (unpaired) electrons. The SMILES string of the molecule is S=C(NCCN1CCOCC1)N1CCN(Cc2ccccc2)CC1. The van der Waals surface area contributed by atoms with E-state index in [1.807, 2.05) is 0 Å². The topological polar surface area (TPSA) is 31.0 Å². The average molecular weight is 349 g/mol. The molecule has 0 unspecified atom stereocenters. The van der Waals surface area contributed by atoms with Gasteiger partial charge in [0, 0.05) is 58.9 Å². The van der Waals surface area contributed by atoms with Gasteiger partial charge in [-0.3, -0.25) is 9.80 Å². The first kappa shape index (κ1) is 17.6. The highest BCUT2D eigenvalue weighted by molar-refractivity contribution is 7.80. The minimum absolute atomic E-state index is 0.855. The van der Waals surface area contributed by atoms with Crippen molar-refractivity contribution in [3.63, 3.8) is 0 Å². The molecule has 1 aromatic rings. The smallest absolute Gasteiger partial charge is 0.169 e. The maximum absolute atomic E-state index is 5.56. The normalized spacial score (nSPS) is 20.1. The van der Waals surface area contributed by atoms with Crippen molar-refractivity contribution in [3.05, 3.63) is 35.9 Å². The van der Waals surface area contributed by atoms with Crippen LogP contribution in [0.3, 0.4) is 0 Å². The van der Waals surface area contributed by atoms with Gasteiger partial charge < -0.3 is 15.0 Å². The van der Waals surface area contributed by atoms with E-state index >= 15 is 0 Å². The van der Waals surface area contributed by atoms with Crippen molar-refractivity contribution in [1.82, 2.24) is 20.0 Å². The molecule has 2 heterocycles. The van der Waals surface area contributed by atoms with Crippen molar-refractivity contribution in [2.75, 3.05) is 65.6 Å². The summed E-state index contributed by atoms with van der Waals surface area (Å²) < 4.78 is 5.37. The van der Waals surface area contributed by atoms with Gasteiger partial charge in [0.25, 0.3) is 0 Å². The van der Waals surface area contributed by atoms with Crippen LogP contribution in [-0.2, 0) is 11.3 Å². The van der Waals surface area contributed by atoms with Crippen LogP contribution < -0.4 is 5.32 Å². The number of nitrogens with zero attached hydrogens (tertiary/aromatic N) is 3. The third kappa shape index (κ3) is 5.41. The Labute approximate surface area is 150 Å². The second-order valence-corrected chi connectivity index (χ2v) is 6.82. The van der Waals surface area contributed by atoms with Gasteiger partial charge in [0.2, 0.25) is 0 Å². The highest BCUT2D eigenvalue weighted by Crippen LogP contribution is 2.08. The lowest BCUT2D eigenvalue weighted by atomic mass is 10.2. The summed E-state index contributed by atoms with van der Waals surface area (Å²) in [5, 5.41) is 4.33. The highest BCUT2D eigenvalue weighted by Gasteiger charge is 2.19. The minimum Gasteiger partial charge on any atom is -0.379 e. The third-order valence-corrected chi connectivity index (χ3v) is 5.12. The second-order valence-electron chi connectivity index (χ2n) is 6.43. The molecule has 0 aromatic heterocycles. The van der Waals surface area contributed by atoms with E-state index in [1.54, 1.807) is 0 Å². The Morgan fingerprint density at radius 1 is 0.958 bits per heavy atom. The monoisotopic (exact) mass is 348 g/mol. The summed E-state index contributed by atoms with van der Waals surface area (Å²) in [7, 11) is 0. The molecule has 132 valence electrons. The molecule has 0 bridgehead atoms. The first-order chi connectivity index (χ1) is 11.8. The number of piperazine rings is 1. The predicted octanol–water partition coefficient (Wildman–Crippen LogP) is 1.01. The van der Waals surface area contributed by atoms with Crippen LogP contribution in [0.5, 0.6) is 0 Å². The maximum atomic E-state index is 5.56. The van der Waals surface area contributed by atoms with E-state index < -0.39 is 0 Å². The summed E-state index contributed by atoms with van der Waals surface area (Å²) in [6.07, 6.45) is 0. The molecule has 0 saturated carbocycles. The van der Waals surface area contributed by atoms with E-state index in [0.717, 1.165) is 77.2 Å². The van der Waals surface area contributed by atoms with E-state index in [9.17, 15) is 0 Å². The minimum atomic E-state index is 0.855. The maximum Gasteiger partial charge on any atom is 0.169 e. The van der Waals surface area contributed by atoms with Crippen LogP contribution >= 0.6 is 12.2 Å². The van der Waals surface area contributed by atoms with E-state index in [4.69, 9.17) is 17.0 Å². The summed E-state index contributed by atoms with van der Waals surface area (Å²) in [6, 6.07) is 10.7. The Hall–Kier alpha value is -1.21. The summed E-state index contributed by atoms with van der Waals surface area (Å²) in [4.78, 5) is 7.23. The Morgan fingerprint density at radius 2 is 1.67 bits per heavy atom. The largest absolute Gasteiger partial charge is 0.379 e. The number of nitrogens with one attached hydrogen (secondary N) is 1. The zero-order valence-corrected chi connectivity index (χ0v) is 15.1. The second kappa shape index (κ2) is 9.32. The van der Waals surface area contributed by atoms with Crippen LogP contribution in [0.4, 0.5) is 0 Å². The lowest BCUT2D eigenvalue weighted by Gasteiger charge is -2.36. The van der Waals surface area contributed by atoms with Gasteiger partial charge in [0.15, 0.2) is 5.11 Å². The average Bonchev–Trinajstić information content (AvgIpc) is 2.64. The van der Waals surface area contributed by atoms with Crippen molar-refractivity contribution >= 4 is 17.3 Å². The number of ether oxygens (including phenoxy) is 1. The number of hydrogen-bond donors (Lipinski definition) is 1. The first-order valence-corrected chi connectivity index (χ1v) is 9.31. The summed E-state index contributed by atoms with van der Waals surface area (Å²) in [5.74, 6) is 0. The Bertz CT molecular complexity index is 499. The molecular weight excluding hydrogens is 320 g/mol. The van der Waals surface area contributed by atoms with E-state index in [2.05, 4.69) is 50.3 Å². The standard InChI is InChI=1S/C18H28N4OS/c24-18(19-6-7-20-12-14-23-15-13-20)22-10-8-21(9-11-22)16-17-4-2-1-3-5-17/h1-5H,6-16H2,(H,19,24). The number of morpholine rings is 1. The molecule has 0 amide bonds. The zero-order valence-electron chi connectivity index (χ0n) is 14.3. The van der Waals surface area contributed by atoms with Crippen LogP contribution in [0, 0.1) is 0 Å². The van der Waals surface area contributed by atoms with Gasteiger partial charge in [0.1, 0.15) is 0 Å². The number of hydrogen-bond acceptors (Lipinski definition) is 4. The van der Waals surface area contributed by atoms with Crippen LogP contribution in [-0.4, -0.2) is 85.4 Å². The molecule has 5 nitrogen and oxygen atoms in total. The van der Waals surface area contributed by atoms with Crippen LogP contribution in [0.25, 0.3) is 0 Å². The van der Waals surface area contributed by atoms with Gasteiger partial charge in [-0.15, -0.1) is 0 Å². The first-order valence-electron chi connectivity index (χ1n) is 8.90. The molecule has 0 atom stereocenters. The van der Waals surface area contributed by atoms with Gasteiger partial charge in [-0.2, -0.15) is 0 Å². The molecule has 2 fully saturated rings. The molecule has 2 saturated heterocycles. The van der Waals surface area contributed by atoms with E-state index in [-0.39, 0.29) is 0 Å². The van der Waals surface area contributed by atoms with Gasteiger partial charge in [-0.25, -0.2) is 0 Å². The summed E-state index contributed by atoms with van der Waals surface area (Å²) >= 11 is 5.56. The molecule has 24 heavy (non-hydrogen) atoms. The highest BCUT2D eigenvalue weighted by atomic mass is 32.1. The fourth-order valence-electron chi connectivity index (χ4n) is 3.21.